The molecule has 116 valence electrons. The molecule has 0 saturated carbocycles. The Morgan fingerprint density at radius 3 is 2.57 bits per heavy atom. The Labute approximate surface area is 119 Å². The molecule has 7 heteroatoms. The van der Waals surface area contributed by atoms with Gasteiger partial charge >= 0.3 is 0 Å². The number of carbonyl (C=O) groups is 1. The van der Waals surface area contributed by atoms with Crippen LogP contribution in [-0.4, -0.2) is 30.3 Å². The SMILES string of the molecule is O=C(CC1CCCO1)NC(CO)c1cc(F)c(F)c(F)c1. The molecule has 0 aliphatic carbocycles. The quantitative estimate of drug-likeness (QED) is 0.816. The number of rotatable bonds is 5. The summed E-state index contributed by atoms with van der Waals surface area (Å²) in [5, 5.41) is 11.7. The van der Waals surface area contributed by atoms with Crippen molar-refractivity contribution in [3.63, 3.8) is 0 Å². The Morgan fingerprint density at radius 2 is 2.05 bits per heavy atom. The monoisotopic (exact) mass is 303 g/mol. The summed E-state index contributed by atoms with van der Waals surface area (Å²) in [6.45, 7) is 0.0531. The summed E-state index contributed by atoms with van der Waals surface area (Å²) in [5.41, 5.74) is -0.0328. The van der Waals surface area contributed by atoms with E-state index in [0.717, 1.165) is 25.0 Å². The largest absolute Gasteiger partial charge is 0.394 e. The van der Waals surface area contributed by atoms with Gasteiger partial charge in [0.25, 0.3) is 0 Å². The fraction of sp³-hybridized carbons (Fsp3) is 0.500. The van der Waals surface area contributed by atoms with Crippen LogP contribution in [-0.2, 0) is 9.53 Å². The molecular formula is C14H16F3NO3. The van der Waals surface area contributed by atoms with Gasteiger partial charge in [0.05, 0.1) is 25.2 Å². The molecule has 2 N–H and O–H groups in total. The number of benzene rings is 1. The van der Waals surface area contributed by atoms with Crippen molar-refractivity contribution in [3.8, 4) is 0 Å². The summed E-state index contributed by atoms with van der Waals surface area (Å²) in [5.74, 6) is -4.71. The third kappa shape index (κ3) is 3.95. The van der Waals surface area contributed by atoms with E-state index in [1.807, 2.05) is 0 Å². The summed E-state index contributed by atoms with van der Waals surface area (Å²) in [6, 6.07) is 0.514. The van der Waals surface area contributed by atoms with Crippen LogP contribution in [0.15, 0.2) is 12.1 Å². The third-order valence-corrected chi connectivity index (χ3v) is 3.36. The van der Waals surface area contributed by atoms with Crippen LogP contribution in [0.5, 0.6) is 0 Å². The van der Waals surface area contributed by atoms with Gasteiger partial charge in [-0.05, 0) is 30.5 Å². The first-order valence-corrected chi connectivity index (χ1v) is 6.67. The molecule has 1 fully saturated rings. The van der Waals surface area contributed by atoms with Crippen LogP contribution in [0.3, 0.4) is 0 Å². The zero-order valence-electron chi connectivity index (χ0n) is 11.2. The number of halogens is 3. The zero-order chi connectivity index (χ0) is 15.4. The van der Waals surface area contributed by atoms with Crippen molar-refractivity contribution >= 4 is 5.91 Å². The maximum absolute atomic E-state index is 13.2. The minimum Gasteiger partial charge on any atom is -0.394 e. The van der Waals surface area contributed by atoms with Crippen LogP contribution in [0.2, 0.25) is 0 Å². The van der Waals surface area contributed by atoms with Gasteiger partial charge in [0.2, 0.25) is 5.91 Å². The van der Waals surface area contributed by atoms with Gasteiger partial charge in [0, 0.05) is 6.61 Å². The lowest BCUT2D eigenvalue weighted by Crippen LogP contribution is -2.33. The molecule has 4 nitrogen and oxygen atoms in total. The Morgan fingerprint density at radius 1 is 1.38 bits per heavy atom. The van der Waals surface area contributed by atoms with E-state index in [4.69, 9.17) is 4.74 Å². The molecule has 1 aliphatic rings. The standard InChI is InChI=1S/C14H16F3NO3/c15-10-4-8(5-11(16)14(10)17)12(7-19)18-13(20)6-9-2-1-3-21-9/h4-5,9,12,19H,1-3,6-7H2,(H,18,20). The number of aliphatic hydroxyl groups is 1. The molecular weight excluding hydrogens is 287 g/mol. The Balaban J connectivity index is 2.03. The van der Waals surface area contributed by atoms with E-state index in [-0.39, 0.29) is 18.1 Å². The number of nitrogens with one attached hydrogen (secondary N) is 1. The summed E-state index contributed by atoms with van der Waals surface area (Å²) < 4.78 is 44.5. The number of aliphatic hydroxyl groups excluding tert-OH is 1. The molecule has 2 rings (SSSR count). The molecule has 0 bridgehead atoms. The molecule has 2 unspecified atom stereocenters. The second-order valence-electron chi connectivity index (χ2n) is 4.94. The zero-order valence-corrected chi connectivity index (χ0v) is 11.2. The highest BCUT2D eigenvalue weighted by molar-refractivity contribution is 5.77. The molecule has 1 saturated heterocycles. The summed E-state index contributed by atoms with van der Waals surface area (Å²) in [6.07, 6.45) is 1.60. The minimum atomic E-state index is -1.58. The minimum absolute atomic E-state index is 0.0328. The highest BCUT2D eigenvalue weighted by Crippen LogP contribution is 2.20. The van der Waals surface area contributed by atoms with E-state index in [1.54, 1.807) is 0 Å². The average molecular weight is 303 g/mol. The predicted octanol–water partition coefficient (Wildman–Crippen LogP) is 1.82. The van der Waals surface area contributed by atoms with Crippen LogP contribution < -0.4 is 5.32 Å². The second-order valence-corrected chi connectivity index (χ2v) is 4.94. The maximum atomic E-state index is 13.2. The van der Waals surface area contributed by atoms with Crippen LogP contribution in [0.4, 0.5) is 13.2 Å². The van der Waals surface area contributed by atoms with Crippen LogP contribution >= 0.6 is 0 Å². The first kappa shape index (κ1) is 15.8. The maximum Gasteiger partial charge on any atom is 0.223 e. The van der Waals surface area contributed by atoms with E-state index in [2.05, 4.69) is 5.32 Å². The second kappa shape index (κ2) is 6.91. The van der Waals surface area contributed by atoms with Gasteiger partial charge < -0.3 is 15.2 Å². The molecule has 0 spiro atoms. The van der Waals surface area contributed by atoms with Crippen molar-refractivity contribution in [1.82, 2.24) is 5.32 Å². The molecule has 1 amide bonds. The van der Waals surface area contributed by atoms with E-state index in [9.17, 15) is 23.1 Å². The van der Waals surface area contributed by atoms with Crippen molar-refractivity contribution in [2.24, 2.45) is 0 Å². The third-order valence-electron chi connectivity index (χ3n) is 3.36. The van der Waals surface area contributed by atoms with E-state index < -0.39 is 36.0 Å². The lowest BCUT2D eigenvalue weighted by molar-refractivity contribution is -0.124. The van der Waals surface area contributed by atoms with Crippen LogP contribution in [0.25, 0.3) is 0 Å². The Kier molecular flexibility index (Phi) is 5.19. The highest BCUT2D eigenvalue weighted by Gasteiger charge is 2.22. The first-order valence-electron chi connectivity index (χ1n) is 6.67. The van der Waals surface area contributed by atoms with Gasteiger partial charge in [-0.3, -0.25) is 4.79 Å². The van der Waals surface area contributed by atoms with Crippen LogP contribution in [0.1, 0.15) is 30.9 Å². The molecule has 1 heterocycles. The van der Waals surface area contributed by atoms with Gasteiger partial charge in [-0.15, -0.1) is 0 Å². The number of carbonyl (C=O) groups excluding carboxylic acids is 1. The smallest absolute Gasteiger partial charge is 0.223 e. The van der Waals surface area contributed by atoms with Crippen LogP contribution in [0, 0.1) is 17.5 Å². The van der Waals surface area contributed by atoms with Crippen molar-refractivity contribution in [1.29, 1.82) is 0 Å². The number of hydrogen-bond acceptors (Lipinski definition) is 3. The molecule has 21 heavy (non-hydrogen) atoms. The molecule has 0 radical (unpaired) electrons. The van der Waals surface area contributed by atoms with E-state index >= 15 is 0 Å². The van der Waals surface area contributed by atoms with Crippen molar-refractivity contribution in [2.45, 2.75) is 31.4 Å². The molecule has 1 aliphatic heterocycles. The topological polar surface area (TPSA) is 58.6 Å². The molecule has 0 aromatic heterocycles. The van der Waals surface area contributed by atoms with Crippen molar-refractivity contribution in [2.75, 3.05) is 13.2 Å². The van der Waals surface area contributed by atoms with E-state index in [0.29, 0.717) is 6.61 Å². The number of amides is 1. The van der Waals surface area contributed by atoms with Gasteiger partial charge in [-0.1, -0.05) is 0 Å². The Hall–Kier alpha value is -1.60. The molecule has 1 aromatic carbocycles. The number of hydrogen-bond donors (Lipinski definition) is 2. The fourth-order valence-electron chi connectivity index (χ4n) is 2.28. The fourth-order valence-corrected chi connectivity index (χ4v) is 2.28. The summed E-state index contributed by atoms with van der Waals surface area (Å²) >= 11 is 0. The van der Waals surface area contributed by atoms with Gasteiger partial charge in [0.15, 0.2) is 17.5 Å². The number of ether oxygens (including phenoxy) is 1. The Bertz CT molecular complexity index is 495. The van der Waals surface area contributed by atoms with Crippen molar-refractivity contribution < 1.29 is 27.8 Å². The summed E-state index contributed by atoms with van der Waals surface area (Å²) in [4.78, 5) is 11.8. The molecule has 1 aromatic rings. The van der Waals surface area contributed by atoms with Gasteiger partial charge in [0.1, 0.15) is 0 Å². The molecule has 2 atom stereocenters. The predicted molar refractivity (Wildman–Crippen MR) is 67.9 cm³/mol. The lowest BCUT2D eigenvalue weighted by atomic mass is 10.1. The van der Waals surface area contributed by atoms with Crippen molar-refractivity contribution in [3.05, 3.63) is 35.1 Å². The van der Waals surface area contributed by atoms with Gasteiger partial charge in [-0.2, -0.15) is 0 Å². The highest BCUT2D eigenvalue weighted by atomic mass is 19.2. The average Bonchev–Trinajstić information content (AvgIpc) is 2.94. The van der Waals surface area contributed by atoms with E-state index in [1.165, 1.54) is 0 Å². The first-order chi connectivity index (χ1) is 10.0. The summed E-state index contributed by atoms with van der Waals surface area (Å²) in [7, 11) is 0. The lowest BCUT2D eigenvalue weighted by Gasteiger charge is -2.18. The van der Waals surface area contributed by atoms with Gasteiger partial charge in [-0.25, -0.2) is 13.2 Å². The normalized spacial score (nSPS) is 19.5.